The van der Waals surface area contributed by atoms with Gasteiger partial charge in [-0.25, -0.2) is 0 Å². The molecule has 0 aromatic rings. The van der Waals surface area contributed by atoms with Gasteiger partial charge in [0.05, 0.1) is 6.04 Å². The van der Waals surface area contributed by atoms with Crippen LogP contribution in [0.2, 0.25) is 0 Å². The molecule has 0 aromatic heterocycles. The van der Waals surface area contributed by atoms with Gasteiger partial charge in [0.25, 0.3) is 0 Å². The fourth-order valence-electron chi connectivity index (χ4n) is 2.69. The zero-order chi connectivity index (χ0) is 12.4. The smallest absolute Gasteiger partial charge is 0.245 e. The normalized spacial score (nSPS) is 26.7. The van der Waals surface area contributed by atoms with Crippen molar-refractivity contribution in [1.29, 1.82) is 0 Å². The minimum absolute atomic E-state index is 0.0625. The van der Waals surface area contributed by atoms with E-state index in [0.29, 0.717) is 6.54 Å². The highest BCUT2D eigenvalue weighted by atomic mass is 16.2. The molecule has 2 atom stereocenters. The van der Waals surface area contributed by atoms with Crippen LogP contribution in [0.5, 0.6) is 0 Å². The van der Waals surface area contributed by atoms with E-state index in [4.69, 9.17) is 0 Å². The molecule has 5 heteroatoms. The molecular formula is C12H21N3O2. The molecule has 2 aliphatic heterocycles. The van der Waals surface area contributed by atoms with Gasteiger partial charge < -0.3 is 15.1 Å². The number of rotatable bonds is 3. The van der Waals surface area contributed by atoms with Crippen LogP contribution in [-0.4, -0.2) is 60.4 Å². The summed E-state index contributed by atoms with van der Waals surface area (Å²) in [5.74, 6) is 0.167. The van der Waals surface area contributed by atoms with E-state index in [0.717, 1.165) is 32.4 Å². The first kappa shape index (κ1) is 12.4. The quantitative estimate of drug-likeness (QED) is 0.743. The summed E-state index contributed by atoms with van der Waals surface area (Å²) in [6.45, 7) is 4.23. The second kappa shape index (κ2) is 5.04. The minimum atomic E-state index is -0.307. The van der Waals surface area contributed by atoms with E-state index >= 15 is 0 Å². The molecule has 2 fully saturated rings. The lowest BCUT2D eigenvalue weighted by Gasteiger charge is -2.27. The van der Waals surface area contributed by atoms with Gasteiger partial charge in [-0.15, -0.1) is 0 Å². The van der Waals surface area contributed by atoms with Gasteiger partial charge in [0.1, 0.15) is 6.04 Å². The SMILES string of the molecule is CNC1CCN(C(C)C(=O)N2CCCC2)C1=O. The van der Waals surface area contributed by atoms with Crippen molar-refractivity contribution >= 4 is 11.8 Å². The summed E-state index contributed by atoms with van der Waals surface area (Å²) >= 11 is 0. The zero-order valence-corrected chi connectivity index (χ0v) is 10.6. The maximum atomic E-state index is 12.2. The van der Waals surface area contributed by atoms with Crippen LogP contribution in [-0.2, 0) is 9.59 Å². The van der Waals surface area contributed by atoms with Crippen molar-refractivity contribution in [2.45, 2.75) is 38.3 Å². The predicted molar refractivity (Wildman–Crippen MR) is 64.5 cm³/mol. The van der Waals surface area contributed by atoms with E-state index in [1.165, 1.54) is 0 Å². The number of likely N-dealkylation sites (N-methyl/N-ethyl adjacent to an activating group) is 1. The molecule has 17 heavy (non-hydrogen) atoms. The number of carbonyl (C=O) groups excluding carboxylic acids is 2. The Labute approximate surface area is 102 Å². The molecule has 2 heterocycles. The summed E-state index contributed by atoms with van der Waals surface area (Å²) in [7, 11) is 1.79. The molecule has 96 valence electrons. The maximum absolute atomic E-state index is 12.2. The van der Waals surface area contributed by atoms with Gasteiger partial charge in [-0.3, -0.25) is 9.59 Å². The van der Waals surface area contributed by atoms with Crippen molar-refractivity contribution in [2.24, 2.45) is 0 Å². The van der Waals surface area contributed by atoms with Gasteiger partial charge >= 0.3 is 0 Å². The average molecular weight is 239 g/mol. The number of carbonyl (C=O) groups is 2. The van der Waals surface area contributed by atoms with Crippen molar-refractivity contribution in [3.63, 3.8) is 0 Å². The van der Waals surface area contributed by atoms with Crippen LogP contribution in [0.3, 0.4) is 0 Å². The van der Waals surface area contributed by atoms with Crippen molar-refractivity contribution in [3.05, 3.63) is 0 Å². The summed E-state index contributed by atoms with van der Waals surface area (Å²) in [6.07, 6.45) is 2.98. The molecule has 0 saturated carbocycles. The summed E-state index contributed by atoms with van der Waals surface area (Å²) in [5, 5.41) is 2.99. The molecule has 0 aliphatic carbocycles. The lowest BCUT2D eigenvalue weighted by Crippen LogP contribution is -2.48. The molecule has 0 radical (unpaired) electrons. The van der Waals surface area contributed by atoms with Crippen LogP contribution in [0, 0.1) is 0 Å². The van der Waals surface area contributed by atoms with Crippen LogP contribution >= 0.6 is 0 Å². The third kappa shape index (κ3) is 2.29. The van der Waals surface area contributed by atoms with Crippen LogP contribution < -0.4 is 5.32 Å². The lowest BCUT2D eigenvalue weighted by molar-refractivity contribution is -0.142. The van der Waals surface area contributed by atoms with Crippen molar-refractivity contribution in [2.75, 3.05) is 26.7 Å². The Kier molecular flexibility index (Phi) is 3.66. The largest absolute Gasteiger partial charge is 0.341 e. The monoisotopic (exact) mass is 239 g/mol. The highest BCUT2D eigenvalue weighted by Gasteiger charge is 2.37. The molecule has 2 aliphatic rings. The first-order valence-electron chi connectivity index (χ1n) is 6.41. The fraction of sp³-hybridized carbons (Fsp3) is 0.833. The second-order valence-corrected chi connectivity index (χ2v) is 4.87. The summed E-state index contributed by atoms with van der Waals surface area (Å²) in [6, 6.07) is -0.414. The lowest BCUT2D eigenvalue weighted by atomic mass is 10.2. The number of hydrogen-bond acceptors (Lipinski definition) is 3. The zero-order valence-electron chi connectivity index (χ0n) is 10.6. The third-order valence-corrected chi connectivity index (χ3v) is 3.83. The molecule has 2 saturated heterocycles. The third-order valence-electron chi connectivity index (χ3n) is 3.83. The summed E-state index contributed by atoms with van der Waals surface area (Å²) < 4.78 is 0. The van der Waals surface area contributed by atoms with Gasteiger partial charge in [-0.05, 0) is 33.2 Å². The number of likely N-dealkylation sites (tertiary alicyclic amines) is 2. The van der Waals surface area contributed by atoms with Gasteiger partial charge in [0, 0.05) is 19.6 Å². The number of hydrogen-bond donors (Lipinski definition) is 1. The van der Waals surface area contributed by atoms with Gasteiger partial charge in [-0.2, -0.15) is 0 Å². The summed E-state index contributed by atoms with van der Waals surface area (Å²) in [4.78, 5) is 27.8. The van der Waals surface area contributed by atoms with E-state index in [1.54, 1.807) is 11.9 Å². The fourth-order valence-corrected chi connectivity index (χ4v) is 2.69. The van der Waals surface area contributed by atoms with Crippen molar-refractivity contribution < 1.29 is 9.59 Å². The van der Waals surface area contributed by atoms with E-state index in [-0.39, 0.29) is 23.9 Å². The molecule has 0 spiro atoms. The standard InChI is InChI=1S/C12H21N3O2/c1-9(11(16)14-6-3-4-7-14)15-8-5-10(13-2)12(15)17/h9-10,13H,3-8H2,1-2H3. The molecule has 2 amide bonds. The number of nitrogens with zero attached hydrogens (tertiary/aromatic N) is 2. The number of amides is 2. The highest BCUT2D eigenvalue weighted by molar-refractivity contribution is 5.91. The molecule has 2 unspecified atom stereocenters. The summed E-state index contributed by atoms with van der Waals surface area (Å²) in [5.41, 5.74) is 0. The maximum Gasteiger partial charge on any atom is 0.245 e. The molecule has 0 aromatic carbocycles. The minimum Gasteiger partial charge on any atom is -0.341 e. The Morgan fingerprint density at radius 2 is 2.00 bits per heavy atom. The van der Waals surface area contributed by atoms with Crippen LogP contribution in [0.25, 0.3) is 0 Å². The Hall–Kier alpha value is -1.10. The first-order valence-corrected chi connectivity index (χ1v) is 6.41. The Morgan fingerprint density at radius 3 is 2.53 bits per heavy atom. The van der Waals surface area contributed by atoms with E-state index in [1.807, 2.05) is 11.8 Å². The number of nitrogens with one attached hydrogen (secondary N) is 1. The predicted octanol–water partition coefficient (Wildman–Crippen LogP) is -0.182. The molecule has 5 nitrogen and oxygen atoms in total. The van der Waals surface area contributed by atoms with Crippen LogP contribution in [0.1, 0.15) is 26.2 Å². The van der Waals surface area contributed by atoms with Crippen LogP contribution in [0.15, 0.2) is 0 Å². The van der Waals surface area contributed by atoms with Crippen LogP contribution in [0.4, 0.5) is 0 Å². The Bertz CT molecular complexity index is 313. The average Bonchev–Trinajstić information content (AvgIpc) is 2.96. The van der Waals surface area contributed by atoms with E-state index in [2.05, 4.69) is 5.32 Å². The topological polar surface area (TPSA) is 52.7 Å². The first-order chi connectivity index (χ1) is 8.15. The van der Waals surface area contributed by atoms with Crippen molar-refractivity contribution in [1.82, 2.24) is 15.1 Å². The second-order valence-electron chi connectivity index (χ2n) is 4.87. The molecule has 0 bridgehead atoms. The van der Waals surface area contributed by atoms with E-state index in [9.17, 15) is 9.59 Å². The molecular weight excluding hydrogens is 218 g/mol. The molecule has 1 N–H and O–H groups in total. The Morgan fingerprint density at radius 1 is 1.35 bits per heavy atom. The van der Waals surface area contributed by atoms with Gasteiger partial charge in [0.15, 0.2) is 0 Å². The van der Waals surface area contributed by atoms with E-state index < -0.39 is 0 Å². The molecule has 2 rings (SSSR count). The van der Waals surface area contributed by atoms with Gasteiger partial charge in [0.2, 0.25) is 11.8 Å². The Balaban J connectivity index is 1.97. The van der Waals surface area contributed by atoms with Crippen molar-refractivity contribution in [3.8, 4) is 0 Å². The van der Waals surface area contributed by atoms with Gasteiger partial charge in [-0.1, -0.05) is 0 Å². The highest BCUT2D eigenvalue weighted by Crippen LogP contribution is 2.17.